The summed E-state index contributed by atoms with van der Waals surface area (Å²) in [7, 11) is 0. The minimum atomic E-state index is -0.341. The number of aromatic nitrogens is 1. The lowest BCUT2D eigenvalue weighted by atomic mass is 10.1. The van der Waals surface area contributed by atoms with E-state index in [9.17, 15) is 9.18 Å². The molecule has 0 radical (unpaired) electrons. The van der Waals surface area contributed by atoms with Gasteiger partial charge < -0.3 is 5.32 Å². The quantitative estimate of drug-likeness (QED) is 0.796. The smallest absolute Gasteiger partial charge is 0.237 e. The van der Waals surface area contributed by atoms with Crippen molar-refractivity contribution >= 4 is 5.91 Å². The fourth-order valence-electron chi connectivity index (χ4n) is 1.82. The van der Waals surface area contributed by atoms with Crippen molar-refractivity contribution in [3.05, 3.63) is 29.8 Å². The predicted octanol–water partition coefficient (Wildman–Crippen LogP) is 0.541. The maximum atomic E-state index is 12.9. The molecule has 0 aliphatic carbocycles. The first-order chi connectivity index (χ1) is 7.66. The van der Waals surface area contributed by atoms with Crippen LogP contribution < -0.4 is 5.32 Å². The van der Waals surface area contributed by atoms with E-state index in [4.69, 9.17) is 0 Å². The molecule has 0 aromatic carbocycles. The van der Waals surface area contributed by atoms with Crippen molar-refractivity contribution in [2.45, 2.75) is 19.5 Å². The largest absolute Gasteiger partial charge is 0.353 e. The molecule has 1 saturated heterocycles. The maximum absolute atomic E-state index is 12.9. The first-order valence-corrected chi connectivity index (χ1v) is 5.28. The number of nitrogens with zero attached hydrogens (tertiary/aromatic N) is 2. The number of carbonyl (C=O) groups is 1. The van der Waals surface area contributed by atoms with Crippen LogP contribution in [-0.2, 0) is 11.3 Å². The van der Waals surface area contributed by atoms with Gasteiger partial charge in [-0.2, -0.15) is 0 Å². The molecule has 1 aromatic heterocycles. The molecular formula is C11H14FN3O. The van der Waals surface area contributed by atoms with Gasteiger partial charge >= 0.3 is 0 Å². The number of halogens is 1. The summed E-state index contributed by atoms with van der Waals surface area (Å²) in [5.74, 6) is -0.317. The van der Waals surface area contributed by atoms with Gasteiger partial charge in [0.1, 0.15) is 5.82 Å². The first kappa shape index (κ1) is 11.0. The number of carbonyl (C=O) groups excluding carboxylic acids is 1. The van der Waals surface area contributed by atoms with Gasteiger partial charge in [-0.15, -0.1) is 0 Å². The fourth-order valence-corrected chi connectivity index (χ4v) is 1.82. The monoisotopic (exact) mass is 223 g/mol. The van der Waals surface area contributed by atoms with Crippen molar-refractivity contribution in [2.75, 3.05) is 13.1 Å². The zero-order valence-corrected chi connectivity index (χ0v) is 9.11. The molecule has 1 N–H and O–H groups in total. The summed E-state index contributed by atoms with van der Waals surface area (Å²) in [5.41, 5.74) is 0.793. The van der Waals surface area contributed by atoms with E-state index in [1.807, 2.05) is 11.8 Å². The van der Waals surface area contributed by atoms with Crippen molar-refractivity contribution < 1.29 is 9.18 Å². The van der Waals surface area contributed by atoms with Crippen molar-refractivity contribution in [1.29, 1.82) is 0 Å². The second kappa shape index (κ2) is 4.57. The maximum Gasteiger partial charge on any atom is 0.237 e. The molecule has 16 heavy (non-hydrogen) atoms. The Morgan fingerprint density at radius 1 is 1.62 bits per heavy atom. The van der Waals surface area contributed by atoms with Crippen molar-refractivity contribution in [3.8, 4) is 0 Å². The lowest BCUT2D eigenvalue weighted by molar-refractivity contribution is -0.128. The summed E-state index contributed by atoms with van der Waals surface area (Å²) in [5, 5.41) is 2.79. The zero-order valence-electron chi connectivity index (χ0n) is 9.11. The molecule has 1 aromatic rings. The van der Waals surface area contributed by atoms with Gasteiger partial charge in [0.25, 0.3) is 0 Å². The summed E-state index contributed by atoms with van der Waals surface area (Å²) >= 11 is 0. The Kier molecular flexibility index (Phi) is 3.14. The first-order valence-electron chi connectivity index (χ1n) is 5.28. The Morgan fingerprint density at radius 3 is 3.19 bits per heavy atom. The summed E-state index contributed by atoms with van der Waals surface area (Å²) in [6.07, 6.45) is 2.80. The molecule has 1 fully saturated rings. The van der Waals surface area contributed by atoms with Gasteiger partial charge in [0.15, 0.2) is 0 Å². The number of amides is 1. The second-order valence-electron chi connectivity index (χ2n) is 3.95. The molecule has 1 atom stereocenters. The lowest BCUT2D eigenvalue weighted by Gasteiger charge is -2.32. The van der Waals surface area contributed by atoms with Crippen LogP contribution >= 0.6 is 0 Å². The molecule has 5 heteroatoms. The van der Waals surface area contributed by atoms with Gasteiger partial charge in [0.2, 0.25) is 5.91 Å². The van der Waals surface area contributed by atoms with Crippen LogP contribution in [0.3, 0.4) is 0 Å². The van der Waals surface area contributed by atoms with Gasteiger partial charge in [0, 0.05) is 25.8 Å². The lowest BCUT2D eigenvalue weighted by Crippen LogP contribution is -2.53. The van der Waals surface area contributed by atoms with E-state index in [2.05, 4.69) is 10.3 Å². The third kappa shape index (κ3) is 2.36. The van der Waals surface area contributed by atoms with E-state index in [0.717, 1.165) is 12.1 Å². The SMILES string of the molecule is CC1C(=O)NCCN1Cc1cncc(F)c1. The Morgan fingerprint density at radius 2 is 2.44 bits per heavy atom. The summed E-state index contributed by atoms with van der Waals surface area (Å²) in [4.78, 5) is 17.2. The number of nitrogens with one attached hydrogen (secondary N) is 1. The molecule has 2 heterocycles. The average molecular weight is 223 g/mol. The summed E-state index contributed by atoms with van der Waals surface area (Å²) in [6, 6.07) is 1.28. The van der Waals surface area contributed by atoms with Crippen molar-refractivity contribution in [3.63, 3.8) is 0 Å². The molecule has 1 amide bonds. The molecule has 0 spiro atoms. The predicted molar refractivity (Wildman–Crippen MR) is 57.1 cm³/mol. The molecule has 1 aliphatic heterocycles. The molecule has 4 nitrogen and oxygen atoms in total. The Balaban J connectivity index is 2.06. The third-order valence-electron chi connectivity index (χ3n) is 2.77. The topological polar surface area (TPSA) is 45.2 Å². The number of hydrogen-bond donors (Lipinski definition) is 1. The molecular weight excluding hydrogens is 209 g/mol. The van der Waals surface area contributed by atoms with E-state index in [-0.39, 0.29) is 17.8 Å². The van der Waals surface area contributed by atoms with Gasteiger partial charge in [-0.1, -0.05) is 0 Å². The fraction of sp³-hybridized carbons (Fsp3) is 0.455. The summed E-state index contributed by atoms with van der Waals surface area (Å²) < 4.78 is 12.9. The van der Waals surface area contributed by atoms with E-state index < -0.39 is 0 Å². The highest BCUT2D eigenvalue weighted by Gasteiger charge is 2.25. The van der Waals surface area contributed by atoms with Crippen LogP contribution in [0.5, 0.6) is 0 Å². The van der Waals surface area contributed by atoms with Crippen molar-refractivity contribution in [1.82, 2.24) is 15.2 Å². The normalized spacial score (nSPS) is 21.9. The molecule has 0 saturated carbocycles. The highest BCUT2D eigenvalue weighted by atomic mass is 19.1. The van der Waals surface area contributed by atoms with Gasteiger partial charge in [0.05, 0.1) is 12.2 Å². The van der Waals surface area contributed by atoms with E-state index in [1.165, 1.54) is 12.3 Å². The number of piperazine rings is 1. The average Bonchev–Trinajstić information content (AvgIpc) is 2.25. The Bertz CT molecular complexity index is 397. The Labute approximate surface area is 93.5 Å². The van der Waals surface area contributed by atoms with E-state index >= 15 is 0 Å². The van der Waals surface area contributed by atoms with Crippen molar-refractivity contribution in [2.24, 2.45) is 0 Å². The highest BCUT2D eigenvalue weighted by Crippen LogP contribution is 2.10. The molecule has 1 aliphatic rings. The molecule has 2 rings (SSSR count). The number of rotatable bonds is 2. The number of hydrogen-bond acceptors (Lipinski definition) is 3. The van der Waals surface area contributed by atoms with Crippen LogP contribution in [0.25, 0.3) is 0 Å². The molecule has 0 bridgehead atoms. The second-order valence-corrected chi connectivity index (χ2v) is 3.95. The van der Waals surface area contributed by atoms with Crippen LogP contribution in [-0.4, -0.2) is 34.9 Å². The number of pyridine rings is 1. The zero-order chi connectivity index (χ0) is 11.5. The van der Waals surface area contributed by atoms with Gasteiger partial charge in [-0.05, 0) is 18.6 Å². The van der Waals surface area contributed by atoms with Crippen LogP contribution in [0, 0.1) is 5.82 Å². The highest BCUT2D eigenvalue weighted by molar-refractivity contribution is 5.81. The summed E-state index contributed by atoms with van der Waals surface area (Å²) in [6.45, 7) is 3.83. The van der Waals surface area contributed by atoms with Crippen LogP contribution in [0.4, 0.5) is 4.39 Å². The Hall–Kier alpha value is -1.49. The van der Waals surface area contributed by atoms with Crippen LogP contribution in [0.1, 0.15) is 12.5 Å². The van der Waals surface area contributed by atoms with E-state index in [1.54, 1.807) is 6.20 Å². The van der Waals surface area contributed by atoms with Gasteiger partial charge in [-0.3, -0.25) is 14.7 Å². The third-order valence-corrected chi connectivity index (χ3v) is 2.77. The molecule has 1 unspecified atom stereocenters. The van der Waals surface area contributed by atoms with Gasteiger partial charge in [-0.25, -0.2) is 4.39 Å². The standard InChI is InChI=1S/C11H14FN3O/c1-8-11(16)14-2-3-15(8)7-9-4-10(12)6-13-5-9/h4-6,8H,2-3,7H2,1H3,(H,14,16). The van der Waals surface area contributed by atoms with E-state index in [0.29, 0.717) is 13.1 Å². The van der Waals surface area contributed by atoms with Crippen LogP contribution in [0.2, 0.25) is 0 Å². The van der Waals surface area contributed by atoms with Crippen LogP contribution in [0.15, 0.2) is 18.5 Å². The molecule has 86 valence electrons. The minimum Gasteiger partial charge on any atom is -0.353 e. The minimum absolute atomic E-state index is 0.0237.